The summed E-state index contributed by atoms with van der Waals surface area (Å²) in [5.74, 6) is 1.15. The lowest BCUT2D eigenvalue weighted by Gasteiger charge is -2.28. The van der Waals surface area contributed by atoms with Gasteiger partial charge in [0.25, 0.3) is 0 Å². The van der Waals surface area contributed by atoms with Crippen molar-refractivity contribution in [1.82, 2.24) is 10.2 Å². The molecular weight excluding hydrogens is 296 g/mol. The highest BCUT2D eigenvalue weighted by molar-refractivity contribution is 5.64. The zero-order valence-corrected chi connectivity index (χ0v) is 14.8. The van der Waals surface area contributed by atoms with Gasteiger partial charge >= 0.3 is 6.09 Å². The molecule has 0 aromatic rings. The van der Waals surface area contributed by atoms with Crippen molar-refractivity contribution in [3.8, 4) is 0 Å². The van der Waals surface area contributed by atoms with Crippen molar-refractivity contribution in [1.29, 1.82) is 0 Å². The third-order valence-corrected chi connectivity index (χ3v) is 4.68. The van der Waals surface area contributed by atoms with Crippen LogP contribution in [0.15, 0.2) is 0 Å². The molecule has 0 atom stereocenters. The lowest BCUT2D eigenvalue weighted by Crippen LogP contribution is -2.31. The number of rotatable bonds is 12. The topological polar surface area (TPSA) is 71.0 Å². The van der Waals surface area contributed by atoms with Crippen LogP contribution in [0.25, 0.3) is 0 Å². The number of carbonyl (C=O) groups is 1. The third kappa shape index (κ3) is 9.79. The Kier molecular flexibility index (Phi) is 11.0. The van der Waals surface area contributed by atoms with Crippen molar-refractivity contribution in [3.63, 3.8) is 0 Å². The standard InChI is InChI=1S/C17H34N2O4/c1-3-19(10-12-22-2)9-4-11-23-14-16-7-5-15(6-8-16)13-18-17(20)21/h15-16,18H,3-14H2,1-2H3,(H,20,21). The Labute approximate surface area is 140 Å². The normalized spacial score (nSPS) is 21.5. The minimum Gasteiger partial charge on any atom is -0.465 e. The highest BCUT2D eigenvalue weighted by Gasteiger charge is 2.21. The highest BCUT2D eigenvalue weighted by atomic mass is 16.5. The second-order valence-corrected chi connectivity index (χ2v) is 6.43. The number of hydrogen-bond donors (Lipinski definition) is 2. The molecule has 0 radical (unpaired) electrons. The third-order valence-electron chi connectivity index (χ3n) is 4.68. The molecule has 1 fully saturated rings. The van der Waals surface area contributed by atoms with Gasteiger partial charge in [-0.1, -0.05) is 6.92 Å². The van der Waals surface area contributed by atoms with Crippen molar-refractivity contribution in [2.24, 2.45) is 11.8 Å². The number of nitrogens with one attached hydrogen (secondary N) is 1. The molecule has 0 heterocycles. The molecule has 1 aliphatic rings. The maximum atomic E-state index is 10.5. The van der Waals surface area contributed by atoms with E-state index < -0.39 is 6.09 Å². The summed E-state index contributed by atoms with van der Waals surface area (Å²) in [4.78, 5) is 12.9. The predicted molar refractivity (Wildman–Crippen MR) is 90.9 cm³/mol. The summed E-state index contributed by atoms with van der Waals surface area (Å²) in [6.07, 6.45) is 4.67. The SMILES string of the molecule is CCN(CCCOCC1CCC(CNC(=O)O)CC1)CCOC. The molecule has 0 spiro atoms. The van der Waals surface area contributed by atoms with Gasteiger partial charge in [0, 0.05) is 40.0 Å². The Morgan fingerprint density at radius 2 is 1.87 bits per heavy atom. The number of nitrogens with zero attached hydrogens (tertiary/aromatic N) is 1. The Bertz CT molecular complexity index is 307. The Morgan fingerprint density at radius 1 is 1.17 bits per heavy atom. The lowest BCUT2D eigenvalue weighted by molar-refractivity contribution is 0.0689. The van der Waals surface area contributed by atoms with Gasteiger partial charge in [-0.25, -0.2) is 4.79 Å². The minimum absolute atomic E-state index is 0.501. The number of ether oxygens (including phenoxy) is 2. The molecule has 2 N–H and O–H groups in total. The summed E-state index contributed by atoms with van der Waals surface area (Å²) in [6, 6.07) is 0. The van der Waals surface area contributed by atoms with E-state index in [-0.39, 0.29) is 0 Å². The van der Waals surface area contributed by atoms with Gasteiger partial charge in [0.05, 0.1) is 6.61 Å². The fourth-order valence-corrected chi connectivity index (χ4v) is 3.12. The summed E-state index contributed by atoms with van der Waals surface area (Å²) in [7, 11) is 1.74. The first-order valence-electron chi connectivity index (χ1n) is 8.91. The zero-order valence-electron chi connectivity index (χ0n) is 14.8. The van der Waals surface area contributed by atoms with Crippen LogP contribution in [0.1, 0.15) is 39.0 Å². The second kappa shape index (κ2) is 12.6. The predicted octanol–water partition coefficient (Wildman–Crippen LogP) is 2.44. The van der Waals surface area contributed by atoms with Crippen LogP contribution in [-0.2, 0) is 9.47 Å². The summed E-state index contributed by atoms with van der Waals surface area (Å²) in [5.41, 5.74) is 0. The number of methoxy groups -OCH3 is 1. The molecule has 0 bridgehead atoms. The van der Waals surface area contributed by atoms with Gasteiger partial charge in [0.1, 0.15) is 0 Å². The zero-order chi connectivity index (χ0) is 16.9. The van der Waals surface area contributed by atoms with Crippen molar-refractivity contribution in [3.05, 3.63) is 0 Å². The number of carboxylic acid groups (broad SMARTS) is 1. The Morgan fingerprint density at radius 3 is 2.48 bits per heavy atom. The van der Waals surface area contributed by atoms with E-state index in [0.717, 1.165) is 71.6 Å². The van der Waals surface area contributed by atoms with E-state index in [9.17, 15) is 4.79 Å². The monoisotopic (exact) mass is 330 g/mol. The van der Waals surface area contributed by atoms with Crippen molar-refractivity contribution >= 4 is 6.09 Å². The smallest absolute Gasteiger partial charge is 0.404 e. The van der Waals surface area contributed by atoms with Gasteiger partial charge in [-0.15, -0.1) is 0 Å². The summed E-state index contributed by atoms with van der Waals surface area (Å²) in [5, 5.41) is 11.1. The van der Waals surface area contributed by atoms with Crippen LogP contribution in [-0.4, -0.2) is 69.2 Å². The molecule has 1 saturated carbocycles. The van der Waals surface area contributed by atoms with E-state index in [1.165, 1.54) is 0 Å². The number of likely N-dealkylation sites (N-methyl/N-ethyl adjacent to an activating group) is 1. The molecule has 136 valence electrons. The van der Waals surface area contributed by atoms with E-state index in [4.69, 9.17) is 14.6 Å². The fraction of sp³-hybridized carbons (Fsp3) is 0.941. The first-order valence-corrected chi connectivity index (χ1v) is 8.91. The molecule has 0 aromatic carbocycles. The summed E-state index contributed by atoms with van der Waals surface area (Å²) < 4.78 is 10.9. The highest BCUT2D eigenvalue weighted by Crippen LogP contribution is 2.28. The van der Waals surface area contributed by atoms with Crippen LogP contribution in [0.4, 0.5) is 4.79 Å². The Hall–Kier alpha value is -0.850. The van der Waals surface area contributed by atoms with E-state index in [2.05, 4.69) is 17.1 Å². The van der Waals surface area contributed by atoms with Gasteiger partial charge in [0.2, 0.25) is 0 Å². The largest absolute Gasteiger partial charge is 0.465 e. The van der Waals surface area contributed by atoms with E-state index in [0.29, 0.717) is 18.4 Å². The molecular formula is C17H34N2O4. The van der Waals surface area contributed by atoms with Crippen molar-refractivity contribution < 1.29 is 19.4 Å². The molecule has 0 aromatic heterocycles. The quantitative estimate of drug-likeness (QED) is 0.538. The average Bonchev–Trinajstić information content (AvgIpc) is 2.56. The van der Waals surface area contributed by atoms with Gasteiger partial charge in [-0.3, -0.25) is 0 Å². The van der Waals surface area contributed by atoms with Gasteiger partial charge in [-0.2, -0.15) is 0 Å². The van der Waals surface area contributed by atoms with E-state index in [1.807, 2.05) is 0 Å². The van der Waals surface area contributed by atoms with Crippen LogP contribution in [0.3, 0.4) is 0 Å². The number of amides is 1. The van der Waals surface area contributed by atoms with Crippen LogP contribution in [0.5, 0.6) is 0 Å². The van der Waals surface area contributed by atoms with E-state index >= 15 is 0 Å². The van der Waals surface area contributed by atoms with Gasteiger partial charge in [0.15, 0.2) is 0 Å². The van der Waals surface area contributed by atoms with Crippen LogP contribution in [0.2, 0.25) is 0 Å². The Balaban J connectivity index is 1.99. The van der Waals surface area contributed by atoms with Crippen LogP contribution < -0.4 is 5.32 Å². The second-order valence-electron chi connectivity index (χ2n) is 6.43. The molecule has 6 heteroatoms. The van der Waals surface area contributed by atoms with Gasteiger partial charge < -0.3 is 24.8 Å². The first kappa shape index (κ1) is 20.2. The van der Waals surface area contributed by atoms with Crippen molar-refractivity contribution in [2.45, 2.75) is 39.0 Å². The number of hydrogen-bond acceptors (Lipinski definition) is 4. The maximum absolute atomic E-state index is 10.5. The molecule has 6 nitrogen and oxygen atoms in total. The first-order chi connectivity index (χ1) is 11.2. The summed E-state index contributed by atoms with van der Waals surface area (Å²) in [6.45, 7) is 8.33. The lowest BCUT2D eigenvalue weighted by atomic mass is 9.82. The van der Waals surface area contributed by atoms with Gasteiger partial charge in [-0.05, 0) is 50.5 Å². The fourth-order valence-electron chi connectivity index (χ4n) is 3.12. The molecule has 0 saturated heterocycles. The molecule has 1 rings (SSSR count). The molecule has 23 heavy (non-hydrogen) atoms. The van der Waals surface area contributed by atoms with Crippen LogP contribution >= 0.6 is 0 Å². The van der Waals surface area contributed by atoms with E-state index in [1.54, 1.807) is 7.11 Å². The minimum atomic E-state index is -0.915. The molecule has 1 aliphatic carbocycles. The molecule has 0 unspecified atom stereocenters. The molecule has 1 amide bonds. The van der Waals surface area contributed by atoms with Crippen molar-refractivity contribution in [2.75, 3.05) is 53.1 Å². The molecule has 0 aliphatic heterocycles. The van der Waals surface area contributed by atoms with Crippen LogP contribution in [0, 0.1) is 11.8 Å². The maximum Gasteiger partial charge on any atom is 0.404 e. The summed E-state index contributed by atoms with van der Waals surface area (Å²) >= 11 is 0. The average molecular weight is 330 g/mol.